The molecule has 0 spiro atoms. The molecule has 1 amide bonds. The van der Waals surface area contributed by atoms with E-state index in [-0.39, 0.29) is 17.3 Å². The number of nitrogens with one attached hydrogen (secondary N) is 1. The molecule has 1 aromatic carbocycles. The monoisotopic (exact) mass is 390 g/mol. The zero-order valence-electron chi connectivity index (χ0n) is 13.8. The van der Waals surface area contributed by atoms with Gasteiger partial charge in [-0.25, -0.2) is 9.97 Å². The molecular weight excluding hydrogens is 376 g/mol. The van der Waals surface area contributed by atoms with Gasteiger partial charge in [0.25, 0.3) is 5.69 Å². The number of carbonyl (C=O) groups is 1. The Morgan fingerprint density at radius 1 is 1.38 bits per heavy atom. The van der Waals surface area contributed by atoms with Crippen LogP contribution in [0.15, 0.2) is 41.0 Å². The fourth-order valence-corrected chi connectivity index (χ4v) is 3.91. The van der Waals surface area contributed by atoms with E-state index in [9.17, 15) is 14.9 Å². The van der Waals surface area contributed by atoms with Crippen molar-refractivity contribution >= 4 is 50.6 Å². The topological polar surface area (TPSA) is 107 Å². The van der Waals surface area contributed by atoms with E-state index in [1.54, 1.807) is 6.92 Å². The number of nitro groups is 1. The summed E-state index contributed by atoms with van der Waals surface area (Å²) in [6.07, 6.45) is 1.48. The van der Waals surface area contributed by atoms with Crippen LogP contribution < -0.4 is 10.1 Å². The lowest BCUT2D eigenvalue weighted by Gasteiger charge is -2.14. The number of carbonyl (C=O) groups excluding carboxylic acids is 1. The van der Waals surface area contributed by atoms with Gasteiger partial charge in [0.05, 0.1) is 29.0 Å². The number of benzene rings is 1. The Kier molecular flexibility index (Phi) is 5.33. The highest BCUT2D eigenvalue weighted by molar-refractivity contribution is 8.00. The van der Waals surface area contributed by atoms with Gasteiger partial charge in [-0.2, -0.15) is 0 Å². The van der Waals surface area contributed by atoms with Gasteiger partial charge in [0, 0.05) is 11.5 Å². The minimum Gasteiger partial charge on any atom is -0.494 e. The van der Waals surface area contributed by atoms with Crippen molar-refractivity contribution in [2.24, 2.45) is 0 Å². The molecular formula is C16H14N4O4S2. The van der Waals surface area contributed by atoms with Crippen LogP contribution in [-0.2, 0) is 4.79 Å². The second kappa shape index (κ2) is 7.67. The summed E-state index contributed by atoms with van der Waals surface area (Å²) in [5, 5.41) is 16.7. The van der Waals surface area contributed by atoms with E-state index in [0.717, 1.165) is 15.2 Å². The van der Waals surface area contributed by atoms with Crippen molar-refractivity contribution in [2.75, 3.05) is 12.4 Å². The largest absolute Gasteiger partial charge is 0.494 e. The van der Waals surface area contributed by atoms with Crippen molar-refractivity contribution in [3.05, 3.63) is 46.1 Å². The number of ether oxygens (including phenoxy) is 1. The fourth-order valence-electron chi connectivity index (χ4n) is 2.21. The highest BCUT2D eigenvalue weighted by Gasteiger charge is 2.20. The molecule has 0 fully saturated rings. The van der Waals surface area contributed by atoms with Gasteiger partial charge in [-0.15, -0.1) is 11.3 Å². The second-order valence-electron chi connectivity index (χ2n) is 5.21. The lowest BCUT2D eigenvalue weighted by atomic mass is 10.2. The summed E-state index contributed by atoms with van der Waals surface area (Å²) in [4.78, 5) is 32.2. The van der Waals surface area contributed by atoms with Crippen LogP contribution in [0.25, 0.3) is 10.2 Å². The van der Waals surface area contributed by atoms with Gasteiger partial charge in [-0.05, 0) is 24.4 Å². The van der Waals surface area contributed by atoms with Crippen LogP contribution in [0.4, 0.5) is 11.4 Å². The third-order valence-electron chi connectivity index (χ3n) is 3.54. The van der Waals surface area contributed by atoms with Crippen LogP contribution >= 0.6 is 23.1 Å². The Morgan fingerprint density at radius 3 is 2.92 bits per heavy atom. The number of methoxy groups -OCH3 is 1. The molecule has 0 saturated carbocycles. The highest BCUT2D eigenvalue weighted by Crippen LogP contribution is 2.32. The molecule has 0 saturated heterocycles. The molecule has 0 aliphatic carbocycles. The number of aromatic nitrogens is 2. The number of thioether (sulfide) groups is 1. The molecule has 26 heavy (non-hydrogen) atoms. The third-order valence-corrected chi connectivity index (χ3v) is 5.47. The molecule has 10 heteroatoms. The normalized spacial score (nSPS) is 11.9. The van der Waals surface area contributed by atoms with Gasteiger partial charge in [0.15, 0.2) is 0 Å². The van der Waals surface area contributed by atoms with Crippen molar-refractivity contribution in [2.45, 2.75) is 17.2 Å². The number of hydrogen-bond donors (Lipinski definition) is 1. The molecule has 134 valence electrons. The van der Waals surface area contributed by atoms with Gasteiger partial charge < -0.3 is 10.1 Å². The van der Waals surface area contributed by atoms with Crippen LogP contribution in [-0.4, -0.2) is 33.2 Å². The van der Waals surface area contributed by atoms with Crippen LogP contribution in [0.5, 0.6) is 5.75 Å². The van der Waals surface area contributed by atoms with Gasteiger partial charge in [0.1, 0.15) is 21.9 Å². The number of anilines is 1. The molecule has 0 aliphatic heterocycles. The summed E-state index contributed by atoms with van der Waals surface area (Å²) >= 11 is 2.83. The smallest absolute Gasteiger partial charge is 0.273 e. The summed E-state index contributed by atoms with van der Waals surface area (Å²) in [6.45, 7) is 1.76. The van der Waals surface area contributed by atoms with E-state index >= 15 is 0 Å². The van der Waals surface area contributed by atoms with Crippen LogP contribution in [0.3, 0.4) is 0 Å². The summed E-state index contributed by atoms with van der Waals surface area (Å²) < 4.78 is 5.14. The molecule has 3 aromatic rings. The van der Waals surface area contributed by atoms with Gasteiger partial charge in [-0.1, -0.05) is 11.8 Å². The Hall–Kier alpha value is -2.72. The number of nitrogens with zero attached hydrogens (tertiary/aromatic N) is 3. The number of rotatable bonds is 6. The van der Waals surface area contributed by atoms with E-state index in [1.165, 1.54) is 54.7 Å². The number of nitro benzene ring substituents is 1. The lowest BCUT2D eigenvalue weighted by molar-refractivity contribution is -0.384. The molecule has 0 unspecified atom stereocenters. The van der Waals surface area contributed by atoms with E-state index in [4.69, 9.17) is 4.74 Å². The quantitative estimate of drug-likeness (QED) is 0.296. The molecule has 2 aromatic heterocycles. The Bertz CT molecular complexity index is 976. The van der Waals surface area contributed by atoms with Crippen LogP contribution in [0, 0.1) is 10.1 Å². The highest BCUT2D eigenvalue weighted by atomic mass is 32.2. The van der Waals surface area contributed by atoms with Crippen molar-refractivity contribution in [3.63, 3.8) is 0 Å². The zero-order chi connectivity index (χ0) is 18.7. The third kappa shape index (κ3) is 3.75. The molecule has 8 nitrogen and oxygen atoms in total. The molecule has 0 bridgehead atoms. The van der Waals surface area contributed by atoms with Crippen LogP contribution in [0.1, 0.15) is 6.92 Å². The van der Waals surface area contributed by atoms with Gasteiger partial charge >= 0.3 is 0 Å². The maximum absolute atomic E-state index is 12.5. The average Bonchev–Trinajstić information content (AvgIpc) is 3.11. The van der Waals surface area contributed by atoms with Crippen molar-refractivity contribution in [1.29, 1.82) is 0 Å². The first-order valence-electron chi connectivity index (χ1n) is 7.47. The minimum absolute atomic E-state index is 0.108. The van der Waals surface area contributed by atoms with E-state index in [0.29, 0.717) is 5.69 Å². The first-order chi connectivity index (χ1) is 12.5. The molecule has 1 N–H and O–H groups in total. The van der Waals surface area contributed by atoms with Crippen molar-refractivity contribution < 1.29 is 14.5 Å². The number of non-ortho nitro benzene ring substituents is 1. The van der Waals surface area contributed by atoms with Crippen molar-refractivity contribution in [3.8, 4) is 5.75 Å². The Morgan fingerprint density at radius 2 is 2.19 bits per heavy atom. The molecule has 3 rings (SSSR count). The minimum atomic E-state index is -0.520. The average molecular weight is 390 g/mol. The van der Waals surface area contributed by atoms with Gasteiger partial charge in [-0.3, -0.25) is 14.9 Å². The predicted molar refractivity (Wildman–Crippen MR) is 101 cm³/mol. The molecule has 0 radical (unpaired) electrons. The number of amides is 1. The standard InChI is InChI=1S/C16H14N4O4S2/c1-9(26-16-11-5-6-25-15(11)17-8-18-16)14(21)19-12-4-3-10(20(22)23)7-13(12)24-2/h3-9H,1-2H3,(H,19,21)/t9-/m1/s1. The van der Waals surface area contributed by atoms with Gasteiger partial charge in [0.2, 0.25) is 5.91 Å². The molecule has 1 atom stereocenters. The van der Waals surface area contributed by atoms with E-state index in [1.807, 2.05) is 11.4 Å². The zero-order valence-corrected chi connectivity index (χ0v) is 15.5. The maximum Gasteiger partial charge on any atom is 0.273 e. The van der Waals surface area contributed by atoms with E-state index in [2.05, 4.69) is 15.3 Å². The number of thiophene rings is 1. The number of fused-ring (bicyclic) bond motifs is 1. The first-order valence-corrected chi connectivity index (χ1v) is 9.23. The maximum atomic E-state index is 12.5. The lowest BCUT2D eigenvalue weighted by Crippen LogP contribution is -2.22. The fraction of sp³-hybridized carbons (Fsp3) is 0.188. The van der Waals surface area contributed by atoms with E-state index < -0.39 is 10.2 Å². The first kappa shape index (κ1) is 18.1. The summed E-state index contributed by atoms with van der Waals surface area (Å²) in [6, 6.07) is 5.96. The van der Waals surface area contributed by atoms with Crippen molar-refractivity contribution in [1.82, 2.24) is 9.97 Å². The predicted octanol–water partition coefficient (Wildman–Crippen LogP) is 3.73. The SMILES string of the molecule is COc1cc([N+](=O)[O-])ccc1NC(=O)[C@@H](C)Sc1ncnc2sccc12. The second-order valence-corrected chi connectivity index (χ2v) is 7.43. The summed E-state index contributed by atoms with van der Waals surface area (Å²) in [7, 11) is 1.39. The number of hydrogen-bond acceptors (Lipinski definition) is 8. The summed E-state index contributed by atoms with van der Waals surface area (Å²) in [5.41, 5.74) is 0.266. The molecule has 2 heterocycles. The Labute approximate surface area is 156 Å². The molecule has 0 aliphatic rings. The summed E-state index contributed by atoms with van der Waals surface area (Å²) in [5.74, 6) is -0.0313. The van der Waals surface area contributed by atoms with Crippen LogP contribution in [0.2, 0.25) is 0 Å². The Balaban J connectivity index is 1.75.